The Kier molecular flexibility index (Phi) is 8.66. The average molecular weight is 280 g/mol. The molecule has 0 radical (unpaired) electrons. The summed E-state index contributed by atoms with van der Waals surface area (Å²) in [7, 11) is 3.68. The van der Waals surface area contributed by atoms with Crippen LogP contribution in [-0.2, 0) is 4.79 Å². The molecular weight excluding hydrogens is 252 g/mol. The third-order valence-electron chi connectivity index (χ3n) is 2.57. The van der Waals surface area contributed by atoms with Crippen molar-refractivity contribution in [2.45, 2.75) is 46.2 Å². The number of nitrogens with zero attached hydrogens (tertiary/aromatic N) is 2. The first-order valence-electron chi connectivity index (χ1n) is 7.01. The van der Waals surface area contributed by atoms with Crippen LogP contribution in [0, 0.1) is 17.8 Å². The van der Waals surface area contributed by atoms with Gasteiger partial charge >= 0.3 is 0 Å². The van der Waals surface area contributed by atoms with Gasteiger partial charge in [0.2, 0.25) is 0 Å². The molecule has 0 saturated heterocycles. The van der Waals surface area contributed by atoms with Gasteiger partial charge in [0.25, 0.3) is 0 Å². The van der Waals surface area contributed by atoms with Crippen LogP contribution in [0.25, 0.3) is 0 Å². The summed E-state index contributed by atoms with van der Waals surface area (Å²) in [5, 5.41) is 3.19. The Bertz CT molecular complexity index is 388. The predicted molar refractivity (Wildman–Crippen MR) is 84.5 cm³/mol. The second kappa shape index (κ2) is 9.38. The minimum absolute atomic E-state index is 0.0250. The molecule has 0 aliphatic carbocycles. The largest absolute Gasteiger partial charge is 0.370 e. The number of aliphatic imine (C=N–C) groups is 1. The van der Waals surface area contributed by atoms with Gasteiger partial charge in [0, 0.05) is 32.5 Å². The highest BCUT2D eigenvalue weighted by molar-refractivity contribution is 5.88. The zero-order valence-corrected chi connectivity index (χ0v) is 13.5. The topological polar surface area (TPSA) is 70.7 Å². The van der Waals surface area contributed by atoms with Crippen molar-refractivity contribution >= 4 is 11.7 Å². The maximum atomic E-state index is 12.0. The van der Waals surface area contributed by atoms with E-state index in [0.29, 0.717) is 18.9 Å². The third-order valence-corrected chi connectivity index (χ3v) is 2.57. The van der Waals surface area contributed by atoms with Gasteiger partial charge in [-0.25, -0.2) is 0 Å². The Morgan fingerprint density at radius 3 is 2.35 bits per heavy atom. The highest BCUT2D eigenvalue weighted by Crippen LogP contribution is 2.00. The zero-order valence-electron chi connectivity index (χ0n) is 13.5. The van der Waals surface area contributed by atoms with E-state index in [1.165, 1.54) is 0 Å². The van der Waals surface area contributed by atoms with E-state index in [4.69, 9.17) is 5.73 Å². The van der Waals surface area contributed by atoms with Gasteiger partial charge in [-0.3, -0.25) is 15.1 Å². The summed E-state index contributed by atoms with van der Waals surface area (Å²) < 4.78 is 0. The van der Waals surface area contributed by atoms with Gasteiger partial charge in [-0.1, -0.05) is 25.7 Å². The highest BCUT2D eigenvalue weighted by Gasteiger charge is 2.19. The van der Waals surface area contributed by atoms with E-state index in [0.717, 1.165) is 0 Å². The summed E-state index contributed by atoms with van der Waals surface area (Å²) in [5.41, 5.74) is 5.67. The number of nitrogens with one attached hydrogen (secondary N) is 1. The van der Waals surface area contributed by atoms with Crippen LogP contribution >= 0.6 is 0 Å². The minimum Gasteiger partial charge on any atom is -0.370 e. The van der Waals surface area contributed by atoms with Crippen LogP contribution in [0.15, 0.2) is 4.99 Å². The van der Waals surface area contributed by atoms with Gasteiger partial charge < -0.3 is 10.6 Å². The Labute approximate surface area is 123 Å². The van der Waals surface area contributed by atoms with Gasteiger partial charge in [0.05, 0.1) is 6.54 Å². The van der Waals surface area contributed by atoms with E-state index in [-0.39, 0.29) is 17.7 Å². The molecular formula is C15H28N4O. The number of rotatable bonds is 6. The van der Waals surface area contributed by atoms with Crippen molar-refractivity contribution < 1.29 is 4.79 Å². The normalized spacial score (nSPS) is 13.1. The number of hydrogen-bond donors (Lipinski definition) is 2. The Hall–Kier alpha value is -1.54. The first-order chi connectivity index (χ1) is 9.25. The summed E-state index contributed by atoms with van der Waals surface area (Å²) in [6.07, 6.45) is 0.593. The molecule has 5 heteroatoms. The van der Waals surface area contributed by atoms with Crippen LogP contribution in [0.1, 0.15) is 34.1 Å². The molecule has 0 saturated carbocycles. The van der Waals surface area contributed by atoms with Crippen molar-refractivity contribution in [3.05, 3.63) is 0 Å². The third kappa shape index (κ3) is 7.80. The summed E-state index contributed by atoms with van der Waals surface area (Å²) in [6, 6.07) is -0.176. The molecule has 0 bridgehead atoms. The number of carbonyl (C=O) groups excluding carboxylic acids is 1. The molecule has 0 amide bonds. The highest BCUT2D eigenvalue weighted by atomic mass is 16.1. The first kappa shape index (κ1) is 18.5. The van der Waals surface area contributed by atoms with Crippen molar-refractivity contribution in [3.63, 3.8) is 0 Å². The van der Waals surface area contributed by atoms with Gasteiger partial charge in [0.1, 0.15) is 6.04 Å². The molecule has 0 spiro atoms. The van der Waals surface area contributed by atoms with Crippen molar-refractivity contribution in [2.24, 2.45) is 16.6 Å². The number of hydrogen-bond acceptors (Lipinski definition) is 3. The Morgan fingerprint density at radius 1 is 1.30 bits per heavy atom. The van der Waals surface area contributed by atoms with Crippen molar-refractivity contribution in [1.82, 2.24) is 10.2 Å². The van der Waals surface area contributed by atoms with E-state index in [1.807, 2.05) is 41.8 Å². The van der Waals surface area contributed by atoms with Gasteiger partial charge in [-0.2, -0.15) is 0 Å². The molecule has 5 nitrogen and oxygen atoms in total. The van der Waals surface area contributed by atoms with E-state index in [2.05, 4.69) is 22.2 Å². The fourth-order valence-corrected chi connectivity index (χ4v) is 1.40. The molecule has 114 valence electrons. The number of guanidine groups is 1. The summed E-state index contributed by atoms with van der Waals surface area (Å²) in [5.74, 6) is 6.60. The molecule has 0 aromatic rings. The Morgan fingerprint density at radius 2 is 1.90 bits per heavy atom. The summed E-state index contributed by atoms with van der Waals surface area (Å²) >= 11 is 0. The van der Waals surface area contributed by atoms with Crippen molar-refractivity contribution in [1.29, 1.82) is 0 Å². The van der Waals surface area contributed by atoms with E-state index >= 15 is 0 Å². The van der Waals surface area contributed by atoms with Crippen LogP contribution in [0.2, 0.25) is 0 Å². The number of carbonyl (C=O) groups is 1. The molecule has 0 heterocycles. The lowest BCUT2D eigenvalue weighted by Gasteiger charge is -2.16. The van der Waals surface area contributed by atoms with Crippen LogP contribution in [0.4, 0.5) is 0 Å². The molecule has 0 fully saturated rings. The monoisotopic (exact) mass is 280 g/mol. The molecule has 1 atom stereocenters. The van der Waals surface area contributed by atoms with Gasteiger partial charge in [-0.15, -0.1) is 0 Å². The van der Waals surface area contributed by atoms with Crippen LogP contribution < -0.4 is 11.1 Å². The first-order valence-corrected chi connectivity index (χ1v) is 7.01. The van der Waals surface area contributed by atoms with Crippen molar-refractivity contribution in [2.75, 3.05) is 20.6 Å². The van der Waals surface area contributed by atoms with E-state index in [9.17, 15) is 4.79 Å². The number of nitrogens with two attached hydrogens (primary N) is 1. The molecule has 0 unspecified atom stereocenters. The van der Waals surface area contributed by atoms with Crippen LogP contribution in [0.3, 0.4) is 0 Å². The van der Waals surface area contributed by atoms with Gasteiger partial charge in [0.15, 0.2) is 11.7 Å². The smallest absolute Gasteiger partial charge is 0.190 e. The zero-order chi connectivity index (χ0) is 15.7. The van der Waals surface area contributed by atoms with Crippen molar-refractivity contribution in [3.8, 4) is 11.8 Å². The van der Waals surface area contributed by atoms with Gasteiger partial charge in [-0.05, 0) is 13.8 Å². The average Bonchev–Trinajstić information content (AvgIpc) is 2.34. The molecule has 20 heavy (non-hydrogen) atoms. The maximum absolute atomic E-state index is 12.0. The maximum Gasteiger partial charge on any atom is 0.190 e. The molecule has 0 aromatic carbocycles. The Balaban J connectivity index is 4.50. The molecule has 3 N–H and O–H groups in total. The van der Waals surface area contributed by atoms with Crippen LogP contribution in [0.5, 0.6) is 0 Å². The molecule has 0 aliphatic rings. The fraction of sp³-hybridized carbons (Fsp3) is 0.733. The van der Waals surface area contributed by atoms with Crippen LogP contribution in [-0.4, -0.2) is 49.4 Å². The summed E-state index contributed by atoms with van der Waals surface area (Å²) in [4.78, 5) is 17.9. The minimum atomic E-state index is -0.398. The molecule has 0 aromatic heterocycles. The SMILES string of the molecule is CC(C)N[C@@H](C#CCCN=C(N)N(C)C)C(=O)C(C)C. The lowest BCUT2D eigenvalue weighted by molar-refractivity contribution is -0.122. The second-order valence-corrected chi connectivity index (χ2v) is 5.52. The fourth-order valence-electron chi connectivity index (χ4n) is 1.40. The number of Topliss-reactive ketones (excluding diaryl/α,β-unsaturated/α-hetero) is 1. The summed E-state index contributed by atoms with van der Waals surface area (Å²) in [6.45, 7) is 8.33. The van der Waals surface area contributed by atoms with E-state index < -0.39 is 6.04 Å². The molecule has 0 rings (SSSR count). The lowest BCUT2D eigenvalue weighted by Crippen LogP contribution is -2.41. The van der Waals surface area contributed by atoms with E-state index in [1.54, 1.807) is 4.90 Å². The second-order valence-electron chi connectivity index (χ2n) is 5.52. The predicted octanol–water partition coefficient (Wildman–Crippen LogP) is 0.848. The lowest BCUT2D eigenvalue weighted by atomic mass is 10.0. The number of ketones is 1. The standard InChI is InChI=1S/C15H28N4O/c1-11(2)14(20)13(18-12(3)4)9-7-8-10-17-15(16)19(5)6/h11-13,18H,8,10H2,1-6H3,(H2,16,17)/t13-/m0/s1. The molecule has 0 aliphatic heterocycles. The quantitative estimate of drug-likeness (QED) is 0.327.